The number of fused-ring (bicyclic) bond motifs is 1. The molecule has 8 heteroatoms. The molecule has 2 aromatic heterocycles. The van der Waals surface area contributed by atoms with Crippen LogP contribution in [0, 0.1) is 6.92 Å². The van der Waals surface area contributed by atoms with Crippen molar-refractivity contribution in [3.8, 4) is 5.75 Å². The fourth-order valence-corrected chi connectivity index (χ4v) is 3.74. The van der Waals surface area contributed by atoms with Crippen molar-refractivity contribution in [3.05, 3.63) is 61.1 Å². The smallest absolute Gasteiger partial charge is 0.340 e. The molecular weight excluding hydrogens is 402 g/mol. The highest BCUT2D eigenvalue weighted by molar-refractivity contribution is 7.07. The van der Waals surface area contributed by atoms with Gasteiger partial charge >= 0.3 is 11.6 Å². The van der Waals surface area contributed by atoms with Gasteiger partial charge in [-0.05, 0) is 47.4 Å². The molecule has 146 valence electrons. The molecule has 3 rings (SSSR count). The molecule has 2 heterocycles. The van der Waals surface area contributed by atoms with Crippen LogP contribution >= 0.6 is 22.9 Å². The highest BCUT2D eigenvalue weighted by atomic mass is 35.5. The van der Waals surface area contributed by atoms with E-state index in [2.05, 4.69) is 5.32 Å². The van der Waals surface area contributed by atoms with Gasteiger partial charge in [-0.3, -0.25) is 9.59 Å². The molecule has 0 radical (unpaired) electrons. The molecule has 0 atom stereocenters. The van der Waals surface area contributed by atoms with Crippen molar-refractivity contribution in [2.45, 2.75) is 26.7 Å². The van der Waals surface area contributed by atoms with Crippen molar-refractivity contribution in [1.29, 1.82) is 0 Å². The Hall–Kier alpha value is -2.64. The molecule has 0 unspecified atom stereocenters. The van der Waals surface area contributed by atoms with E-state index in [1.165, 1.54) is 13.0 Å². The molecule has 1 N–H and O–H groups in total. The maximum Gasteiger partial charge on any atom is 0.340 e. The van der Waals surface area contributed by atoms with Gasteiger partial charge in [0.05, 0.1) is 17.0 Å². The number of carbonyl (C=O) groups is 2. The van der Waals surface area contributed by atoms with Crippen molar-refractivity contribution in [2.24, 2.45) is 0 Å². The van der Waals surface area contributed by atoms with Gasteiger partial charge in [0.1, 0.15) is 5.58 Å². The summed E-state index contributed by atoms with van der Waals surface area (Å²) in [6.45, 7) is 3.47. The summed E-state index contributed by atoms with van der Waals surface area (Å²) >= 11 is 7.77. The molecule has 0 saturated carbocycles. The summed E-state index contributed by atoms with van der Waals surface area (Å²) in [5.41, 5.74) is 1.68. The summed E-state index contributed by atoms with van der Waals surface area (Å²) in [4.78, 5) is 35.8. The first kappa shape index (κ1) is 20.1. The lowest BCUT2D eigenvalue weighted by atomic mass is 10.0. The minimum Gasteiger partial charge on any atom is -0.425 e. The molecule has 6 nitrogen and oxygen atoms in total. The van der Waals surface area contributed by atoms with Crippen LogP contribution < -0.4 is 15.7 Å². The molecule has 0 aliphatic rings. The Bertz CT molecular complexity index is 1090. The predicted molar refractivity (Wildman–Crippen MR) is 108 cm³/mol. The van der Waals surface area contributed by atoms with Crippen LogP contribution in [0.5, 0.6) is 5.75 Å². The van der Waals surface area contributed by atoms with Gasteiger partial charge in [-0.15, -0.1) is 0 Å². The van der Waals surface area contributed by atoms with E-state index in [0.29, 0.717) is 17.5 Å². The lowest BCUT2D eigenvalue weighted by Gasteiger charge is -2.10. The molecule has 1 amide bonds. The number of esters is 1. The third kappa shape index (κ3) is 4.61. The lowest BCUT2D eigenvalue weighted by molar-refractivity contribution is -0.131. The summed E-state index contributed by atoms with van der Waals surface area (Å²) in [5.74, 6) is -0.674. The van der Waals surface area contributed by atoms with Gasteiger partial charge in [0.15, 0.2) is 5.75 Å². The molecule has 3 aromatic rings. The average molecular weight is 420 g/mol. The minimum atomic E-state index is -0.603. The number of rotatable bonds is 6. The van der Waals surface area contributed by atoms with Crippen molar-refractivity contribution in [3.63, 3.8) is 0 Å². The third-order valence-corrected chi connectivity index (χ3v) is 5.27. The quantitative estimate of drug-likeness (QED) is 0.374. The predicted octanol–water partition coefficient (Wildman–Crippen LogP) is 3.64. The molecule has 1 aromatic carbocycles. The second-order valence-electron chi connectivity index (χ2n) is 6.27. The van der Waals surface area contributed by atoms with E-state index in [-0.39, 0.29) is 34.2 Å². The van der Waals surface area contributed by atoms with Crippen molar-refractivity contribution in [1.82, 2.24) is 5.32 Å². The maximum atomic E-state index is 12.4. The standard InChI is InChI=1S/C20H18ClNO5S/c1-11-14-7-16(21)18(26-12(2)23)9-17(14)27-20(25)15(11)8-19(24)22-5-3-13-4-6-28-10-13/h4,6-7,9-10H,3,5,8H2,1-2H3,(H,22,24). The van der Waals surface area contributed by atoms with E-state index in [1.807, 2.05) is 16.8 Å². The van der Waals surface area contributed by atoms with E-state index in [0.717, 1.165) is 12.0 Å². The zero-order valence-corrected chi connectivity index (χ0v) is 16.9. The van der Waals surface area contributed by atoms with E-state index < -0.39 is 11.6 Å². The van der Waals surface area contributed by atoms with Crippen LogP contribution in [0.25, 0.3) is 11.0 Å². The van der Waals surface area contributed by atoms with Crippen LogP contribution in [-0.2, 0) is 22.4 Å². The normalized spacial score (nSPS) is 10.8. The van der Waals surface area contributed by atoms with Crippen LogP contribution in [0.3, 0.4) is 0 Å². The number of halogens is 1. The number of hydrogen-bond donors (Lipinski definition) is 1. The first-order chi connectivity index (χ1) is 13.3. The van der Waals surface area contributed by atoms with Gasteiger partial charge in [-0.1, -0.05) is 11.6 Å². The SMILES string of the molecule is CC(=O)Oc1cc2oc(=O)c(CC(=O)NCCc3ccsc3)c(C)c2cc1Cl. The van der Waals surface area contributed by atoms with Gasteiger partial charge in [-0.25, -0.2) is 4.79 Å². The second kappa shape index (κ2) is 8.58. The number of carbonyl (C=O) groups excluding carboxylic acids is 2. The van der Waals surface area contributed by atoms with E-state index in [1.54, 1.807) is 24.3 Å². The first-order valence-electron chi connectivity index (χ1n) is 8.57. The topological polar surface area (TPSA) is 85.6 Å². The van der Waals surface area contributed by atoms with Crippen LogP contribution in [0.4, 0.5) is 0 Å². The Kier molecular flexibility index (Phi) is 6.16. The summed E-state index contributed by atoms with van der Waals surface area (Å²) in [6.07, 6.45) is 0.645. The zero-order valence-electron chi connectivity index (χ0n) is 15.3. The van der Waals surface area contributed by atoms with Gasteiger partial charge in [0.2, 0.25) is 5.91 Å². The number of amides is 1. The highest BCUT2D eigenvalue weighted by Gasteiger charge is 2.17. The second-order valence-corrected chi connectivity index (χ2v) is 7.46. The fourth-order valence-electron chi connectivity index (χ4n) is 2.83. The van der Waals surface area contributed by atoms with Crippen LogP contribution in [0.15, 0.2) is 38.2 Å². The Morgan fingerprint density at radius 3 is 2.79 bits per heavy atom. The fraction of sp³-hybridized carbons (Fsp3) is 0.250. The maximum absolute atomic E-state index is 12.4. The molecule has 0 saturated heterocycles. The van der Waals surface area contributed by atoms with E-state index in [4.69, 9.17) is 20.8 Å². The van der Waals surface area contributed by atoms with E-state index >= 15 is 0 Å². The van der Waals surface area contributed by atoms with Gasteiger partial charge in [-0.2, -0.15) is 11.3 Å². The number of nitrogens with one attached hydrogen (secondary N) is 1. The van der Waals surface area contributed by atoms with E-state index in [9.17, 15) is 14.4 Å². The Labute approximate surface area is 170 Å². The Balaban J connectivity index is 1.80. The first-order valence-corrected chi connectivity index (χ1v) is 9.89. The largest absolute Gasteiger partial charge is 0.425 e. The van der Waals surface area contributed by atoms with Gasteiger partial charge in [0, 0.05) is 24.9 Å². The van der Waals surface area contributed by atoms with Crippen LogP contribution in [-0.4, -0.2) is 18.4 Å². The number of hydrogen-bond acceptors (Lipinski definition) is 6. The molecular formula is C20H18ClNO5S. The van der Waals surface area contributed by atoms with Crippen LogP contribution in [0.2, 0.25) is 5.02 Å². The number of aryl methyl sites for hydroxylation is 1. The molecule has 0 spiro atoms. The highest BCUT2D eigenvalue weighted by Crippen LogP contribution is 2.32. The van der Waals surface area contributed by atoms with Crippen LogP contribution in [0.1, 0.15) is 23.6 Å². The van der Waals surface area contributed by atoms with Gasteiger partial charge in [0.25, 0.3) is 0 Å². The summed E-state index contributed by atoms with van der Waals surface area (Å²) in [6, 6.07) is 4.97. The van der Waals surface area contributed by atoms with Gasteiger partial charge < -0.3 is 14.5 Å². The Morgan fingerprint density at radius 1 is 1.32 bits per heavy atom. The molecule has 0 bridgehead atoms. The Morgan fingerprint density at radius 2 is 2.11 bits per heavy atom. The average Bonchev–Trinajstić information content (AvgIpc) is 3.13. The molecule has 0 fully saturated rings. The monoisotopic (exact) mass is 419 g/mol. The van der Waals surface area contributed by atoms with Crippen molar-refractivity contribution >= 4 is 45.8 Å². The lowest BCUT2D eigenvalue weighted by Crippen LogP contribution is -2.29. The summed E-state index contributed by atoms with van der Waals surface area (Å²) < 4.78 is 10.3. The number of benzene rings is 1. The van der Waals surface area contributed by atoms with Crippen molar-refractivity contribution < 1.29 is 18.7 Å². The molecule has 28 heavy (non-hydrogen) atoms. The minimum absolute atomic E-state index is 0.0863. The van der Waals surface area contributed by atoms with Crippen molar-refractivity contribution in [2.75, 3.05) is 6.54 Å². The number of thiophene rings is 1. The molecule has 0 aliphatic heterocycles. The summed E-state index contributed by atoms with van der Waals surface area (Å²) in [7, 11) is 0. The summed E-state index contributed by atoms with van der Waals surface area (Å²) in [5, 5.41) is 7.63. The molecule has 0 aliphatic carbocycles. The zero-order chi connectivity index (χ0) is 20.3. The third-order valence-electron chi connectivity index (χ3n) is 4.25. The number of ether oxygens (including phenoxy) is 1.